The van der Waals surface area contributed by atoms with Crippen molar-refractivity contribution in [3.63, 3.8) is 0 Å². The zero-order valence-electron chi connectivity index (χ0n) is 17.4. The van der Waals surface area contributed by atoms with Gasteiger partial charge in [0.15, 0.2) is 5.96 Å². The van der Waals surface area contributed by atoms with Gasteiger partial charge in [0.05, 0.1) is 11.0 Å². The summed E-state index contributed by atoms with van der Waals surface area (Å²) < 4.78 is 15.6. The van der Waals surface area contributed by atoms with Crippen LogP contribution in [0, 0.1) is 12.7 Å². The molecular weight excluding hydrogens is 379 g/mol. The molecule has 0 unspecified atom stereocenters. The van der Waals surface area contributed by atoms with Gasteiger partial charge >= 0.3 is 0 Å². The first kappa shape index (κ1) is 19.9. The van der Waals surface area contributed by atoms with E-state index in [1.807, 2.05) is 37.4 Å². The number of aliphatic imine (C=N–C) groups is 1. The normalized spacial score (nSPS) is 12.0. The third-order valence-electron chi connectivity index (χ3n) is 5.34. The largest absolute Gasteiger partial charge is 0.361 e. The lowest BCUT2D eigenvalue weighted by Gasteiger charge is -2.12. The predicted molar refractivity (Wildman–Crippen MR) is 120 cm³/mol. The van der Waals surface area contributed by atoms with Gasteiger partial charge in [-0.25, -0.2) is 9.37 Å². The fraction of sp³-hybridized carbons (Fsp3) is 0.304. The highest BCUT2D eigenvalue weighted by molar-refractivity contribution is 5.83. The third kappa shape index (κ3) is 4.30. The number of imidazole rings is 1. The second-order valence-electron chi connectivity index (χ2n) is 7.33. The molecule has 0 aliphatic rings. The summed E-state index contributed by atoms with van der Waals surface area (Å²) in [5.74, 6) is 1.60. The molecule has 0 atom stereocenters. The van der Waals surface area contributed by atoms with E-state index in [2.05, 4.69) is 36.2 Å². The van der Waals surface area contributed by atoms with Crippen LogP contribution < -0.4 is 10.6 Å². The molecule has 2 aromatic heterocycles. The minimum atomic E-state index is -0.225. The van der Waals surface area contributed by atoms with Crippen molar-refractivity contribution in [3.05, 3.63) is 65.9 Å². The number of rotatable bonds is 7. The highest BCUT2D eigenvalue weighted by Crippen LogP contribution is 2.19. The molecular formula is C23H27FN6. The van der Waals surface area contributed by atoms with Crippen LogP contribution in [0.5, 0.6) is 0 Å². The smallest absolute Gasteiger partial charge is 0.190 e. The molecule has 4 rings (SSSR count). The molecule has 0 aliphatic heterocycles. The number of benzene rings is 2. The molecule has 6 nitrogen and oxygen atoms in total. The second kappa shape index (κ2) is 8.98. The van der Waals surface area contributed by atoms with Crippen LogP contribution in [-0.2, 0) is 13.0 Å². The molecule has 156 valence electrons. The number of nitrogens with zero attached hydrogens (tertiary/aromatic N) is 3. The lowest BCUT2D eigenvalue weighted by Crippen LogP contribution is -2.39. The van der Waals surface area contributed by atoms with Crippen molar-refractivity contribution in [1.29, 1.82) is 0 Å². The summed E-state index contributed by atoms with van der Waals surface area (Å²) >= 11 is 0. The number of H-pyrrole nitrogens is 1. The summed E-state index contributed by atoms with van der Waals surface area (Å²) in [6, 6.07) is 13.1. The SMILES string of the molecule is CN=C(NCCCn1c(C)nc2ccccc21)NCCc1c[nH]c2cc(F)ccc12. The molecule has 0 fully saturated rings. The number of halogens is 1. The molecule has 0 aliphatic carbocycles. The number of aryl methyl sites for hydroxylation is 2. The molecule has 2 aromatic carbocycles. The minimum Gasteiger partial charge on any atom is -0.361 e. The Morgan fingerprint density at radius 2 is 2.00 bits per heavy atom. The quantitative estimate of drug-likeness (QED) is 0.249. The monoisotopic (exact) mass is 406 g/mol. The lowest BCUT2D eigenvalue weighted by molar-refractivity contribution is 0.624. The summed E-state index contributed by atoms with van der Waals surface area (Å²) in [5, 5.41) is 7.78. The van der Waals surface area contributed by atoms with E-state index in [-0.39, 0.29) is 5.82 Å². The van der Waals surface area contributed by atoms with Crippen molar-refractivity contribution in [1.82, 2.24) is 25.2 Å². The van der Waals surface area contributed by atoms with Crippen molar-refractivity contribution in [2.24, 2.45) is 4.99 Å². The number of hydrogen-bond donors (Lipinski definition) is 3. The van der Waals surface area contributed by atoms with Crippen molar-refractivity contribution < 1.29 is 4.39 Å². The van der Waals surface area contributed by atoms with E-state index in [1.165, 1.54) is 17.6 Å². The summed E-state index contributed by atoms with van der Waals surface area (Å²) in [6.45, 7) is 4.52. The van der Waals surface area contributed by atoms with Gasteiger partial charge in [-0.05, 0) is 55.7 Å². The topological polar surface area (TPSA) is 70.0 Å². The Labute approximate surface area is 175 Å². The second-order valence-corrected chi connectivity index (χ2v) is 7.33. The van der Waals surface area contributed by atoms with Crippen LogP contribution in [0.2, 0.25) is 0 Å². The fourth-order valence-electron chi connectivity index (χ4n) is 3.82. The van der Waals surface area contributed by atoms with Crippen molar-refractivity contribution >= 4 is 27.9 Å². The molecule has 0 saturated carbocycles. The highest BCUT2D eigenvalue weighted by atomic mass is 19.1. The maximum Gasteiger partial charge on any atom is 0.190 e. The number of fused-ring (bicyclic) bond motifs is 2. The molecule has 0 saturated heterocycles. The molecule has 0 bridgehead atoms. The maximum atomic E-state index is 13.3. The van der Waals surface area contributed by atoms with Crippen molar-refractivity contribution in [2.75, 3.05) is 20.1 Å². The van der Waals surface area contributed by atoms with Gasteiger partial charge in [-0.2, -0.15) is 0 Å². The Morgan fingerprint density at radius 3 is 2.87 bits per heavy atom. The van der Waals surface area contributed by atoms with Gasteiger partial charge in [0.2, 0.25) is 0 Å². The molecule has 7 heteroatoms. The van der Waals surface area contributed by atoms with E-state index in [0.717, 1.165) is 66.2 Å². The summed E-state index contributed by atoms with van der Waals surface area (Å²) in [6.07, 6.45) is 3.74. The van der Waals surface area contributed by atoms with Gasteiger partial charge in [0.25, 0.3) is 0 Å². The van der Waals surface area contributed by atoms with Crippen molar-refractivity contribution in [3.8, 4) is 0 Å². The maximum absolute atomic E-state index is 13.3. The third-order valence-corrected chi connectivity index (χ3v) is 5.34. The Hall–Kier alpha value is -3.35. The van der Waals surface area contributed by atoms with Crippen LogP contribution in [0.25, 0.3) is 21.9 Å². The molecule has 0 radical (unpaired) electrons. The van der Waals surface area contributed by atoms with Crippen LogP contribution in [-0.4, -0.2) is 40.6 Å². The van der Waals surface area contributed by atoms with Gasteiger partial charge < -0.3 is 20.2 Å². The van der Waals surface area contributed by atoms with Gasteiger partial charge in [0.1, 0.15) is 11.6 Å². The average Bonchev–Trinajstić information content (AvgIpc) is 3.29. The van der Waals surface area contributed by atoms with E-state index in [4.69, 9.17) is 0 Å². The molecule has 2 heterocycles. The van der Waals surface area contributed by atoms with Crippen LogP contribution in [0.1, 0.15) is 17.8 Å². The number of para-hydroxylation sites is 2. The summed E-state index contributed by atoms with van der Waals surface area (Å²) in [4.78, 5) is 12.1. The van der Waals surface area contributed by atoms with E-state index in [1.54, 1.807) is 7.05 Å². The first-order valence-corrected chi connectivity index (χ1v) is 10.3. The highest BCUT2D eigenvalue weighted by Gasteiger charge is 2.07. The number of aromatic amines is 1. The molecule has 0 amide bonds. The van der Waals surface area contributed by atoms with Crippen molar-refractivity contribution in [2.45, 2.75) is 26.3 Å². The summed E-state index contributed by atoms with van der Waals surface area (Å²) in [7, 11) is 1.78. The van der Waals surface area contributed by atoms with E-state index in [9.17, 15) is 4.39 Å². The summed E-state index contributed by atoms with van der Waals surface area (Å²) in [5.41, 5.74) is 4.21. The van der Waals surface area contributed by atoms with Crippen LogP contribution in [0.3, 0.4) is 0 Å². The van der Waals surface area contributed by atoms with Gasteiger partial charge in [0, 0.05) is 43.8 Å². The lowest BCUT2D eigenvalue weighted by atomic mass is 10.1. The first-order valence-electron chi connectivity index (χ1n) is 10.3. The number of aromatic nitrogens is 3. The number of nitrogens with one attached hydrogen (secondary N) is 3. The van der Waals surface area contributed by atoms with Gasteiger partial charge in [-0.15, -0.1) is 0 Å². The molecule has 3 N–H and O–H groups in total. The Balaban J connectivity index is 1.24. The molecule has 0 spiro atoms. The minimum absolute atomic E-state index is 0.225. The van der Waals surface area contributed by atoms with Gasteiger partial charge in [-0.1, -0.05) is 12.1 Å². The zero-order valence-corrected chi connectivity index (χ0v) is 17.4. The Bertz CT molecular complexity index is 1170. The van der Waals surface area contributed by atoms with Crippen LogP contribution in [0.15, 0.2) is 53.7 Å². The van der Waals surface area contributed by atoms with Crippen LogP contribution >= 0.6 is 0 Å². The zero-order chi connectivity index (χ0) is 20.9. The van der Waals surface area contributed by atoms with E-state index in [0.29, 0.717) is 0 Å². The average molecular weight is 407 g/mol. The van der Waals surface area contributed by atoms with Gasteiger partial charge in [-0.3, -0.25) is 4.99 Å². The predicted octanol–water partition coefficient (Wildman–Crippen LogP) is 3.76. The Kier molecular flexibility index (Phi) is 5.97. The number of hydrogen-bond acceptors (Lipinski definition) is 2. The van der Waals surface area contributed by atoms with E-state index >= 15 is 0 Å². The fourth-order valence-corrected chi connectivity index (χ4v) is 3.82. The molecule has 30 heavy (non-hydrogen) atoms. The number of guanidine groups is 1. The molecule has 4 aromatic rings. The Morgan fingerprint density at radius 1 is 1.17 bits per heavy atom. The van der Waals surface area contributed by atoms with Crippen LogP contribution in [0.4, 0.5) is 4.39 Å². The first-order chi connectivity index (χ1) is 14.7. The van der Waals surface area contributed by atoms with E-state index < -0.39 is 0 Å². The standard InChI is InChI=1S/C23H27FN6/c1-16-29-20-6-3-4-7-22(20)30(16)13-5-11-26-23(25-2)27-12-10-17-15-28-21-14-18(24)8-9-19(17)21/h3-4,6-9,14-15,28H,5,10-13H2,1-2H3,(H2,25,26,27).